The molecular weight excluding hydrogens is 441 g/mol. The molecule has 2 aromatic rings. The molecule has 0 aliphatic carbocycles. The maximum Gasteiger partial charge on any atom is 0.0618 e. The van der Waals surface area contributed by atoms with Crippen LogP contribution in [0.25, 0.3) is 0 Å². The van der Waals surface area contributed by atoms with E-state index in [9.17, 15) is 0 Å². The zero-order valence-corrected chi connectivity index (χ0v) is 16.2. The molecular formula is C16H21BrIN3. The van der Waals surface area contributed by atoms with E-state index >= 15 is 0 Å². The molecule has 1 heterocycles. The van der Waals surface area contributed by atoms with Crippen molar-refractivity contribution in [3.05, 3.63) is 49.8 Å². The molecule has 5 heteroatoms. The van der Waals surface area contributed by atoms with Gasteiger partial charge in [0.15, 0.2) is 0 Å². The second-order valence-corrected chi connectivity index (χ2v) is 7.17. The van der Waals surface area contributed by atoms with Gasteiger partial charge in [0.2, 0.25) is 0 Å². The summed E-state index contributed by atoms with van der Waals surface area (Å²) in [6, 6.07) is 6.63. The fraction of sp³-hybridized carbons (Fsp3) is 0.438. The molecule has 1 aromatic carbocycles. The minimum absolute atomic E-state index is 0.194. The van der Waals surface area contributed by atoms with Crippen LogP contribution in [0.1, 0.15) is 43.9 Å². The largest absolute Gasteiger partial charge is 0.306 e. The first-order chi connectivity index (χ1) is 10.2. The van der Waals surface area contributed by atoms with Crippen LogP contribution >= 0.6 is 38.5 Å². The van der Waals surface area contributed by atoms with E-state index < -0.39 is 0 Å². The minimum atomic E-state index is 0.194. The summed E-state index contributed by atoms with van der Waals surface area (Å²) < 4.78 is 4.41. The van der Waals surface area contributed by atoms with Gasteiger partial charge in [0.25, 0.3) is 0 Å². The quantitative estimate of drug-likeness (QED) is 0.603. The fourth-order valence-electron chi connectivity index (χ4n) is 2.31. The topological polar surface area (TPSA) is 29.9 Å². The average Bonchev–Trinajstić information content (AvgIpc) is 2.92. The molecule has 1 atom stereocenters. The number of hydrogen-bond acceptors (Lipinski definition) is 2. The maximum absolute atomic E-state index is 4.48. The Balaban J connectivity index is 2.34. The summed E-state index contributed by atoms with van der Waals surface area (Å²) in [5.74, 6) is 0. The third-order valence-corrected chi connectivity index (χ3v) is 4.78. The molecule has 0 bridgehead atoms. The smallest absolute Gasteiger partial charge is 0.0618 e. The molecule has 0 aliphatic rings. The molecule has 0 amide bonds. The van der Waals surface area contributed by atoms with E-state index in [0.717, 1.165) is 30.4 Å². The van der Waals surface area contributed by atoms with E-state index in [0.29, 0.717) is 0 Å². The third kappa shape index (κ3) is 4.53. The van der Waals surface area contributed by atoms with Crippen LogP contribution in [-0.4, -0.2) is 16.3 Å². The number of nitrogens with one attached hydrogen (secondary N) is 1. The number of benzene rings is 1. The van der Waals surface area contributed by atoms with Gasteiger partial charge in [0, 0.05) is 26.3 Å². The predicted molar refractivity (Wildman–Crippen MR) is 99.5 cm³/mol. The van der Waals surface area contributed by atoms with Crippen LogP contribution in [0.5, 0.6) is 0 Å². The van der Waals surface area contributed by atoms with Gasteiger partial charge in [-0.3, -0.25) is 4.68 Å². The van der Waals surface area contributed by atoms with Crippen molar-refractivity contribution >= 4 is 38.5 Å². The minimum Gasteiger partial charge on any atom is -0.306 e. The predicted octanol–water partition coefficient (Wildman–Crippen LogP) is 4.75. The highest BCUT2D eigenvalue weighted by Gasteiger charge is 2.18. The standard InChI is InChI=1S/C16H21BrIN3/c1-3-7-19-16(12-10-20-21(11-12)8-4-2)14-9-13(17)5-6-15(14)18/h5-6,9-11,16,19H,3-4,7-8H2,1-2H3. The zero-order valence-electron chi connectivity index (χ0n) is 12.4. The van der Waals surface area contributed by atoms with Crippen LogP contribution in [-0.2, 0) is 6.54 Å². The van der Waals surface area contributed by atoms with Crippen LogP contribution in [0.2, 0.25) is 0 Å². The van der Waals surface area contributed by atoms with Crippen LogP contribution in [0.15, 0.2) is 35.1 Å². The van der Waals surface area contributed by atoms with Gasteiger partial charge < -0.3 is 5.32 Å². The highest BCUT2D eigenvalue weighted by molar-refractivity contribution is 14.1. The number of aryl methyl sites for hydroxylation is 1. The molecule has 114 valence electrons. The lowest BCUT2D eigenvalue weighted by Gasteiger charge is -2.19. The molecule has 0 spiro atoms. The third-order valence-electron chi connectivity index (χ3n) is 3.31. The summed E-state index contributed by atoms with van der Waals surface area (Å²) in [5.41, 5.74) is 2.53. The summed E-state index contributed by atoms with van der Waals surface area (Å²) >= 11 is 5.99. The van der Waals surface area contributed by atoms with Gasteiger partial charge in [-0.2, -0.15) is 5.10 Å². The van der Waals surface area contributed by atoms with Crippen molar-refractivity contribution in [2.75, 3.05) is 6.54 Å². The number of hydrogen-bond donors (Lipinski definition) is 1. The van der Waals surface area contributed by atoms with Crippen LogP contribution in [0.3, 0.4) is 0 Å². The Kier molecular flexibility index (Phi) is 6.70. The molecule has 3 nitrogen and oxygen atoms in total. The first kappa shape index (κ1) is 17.0. The van der Waals surface area contributed by atoms with Gasteiger partial charge in [-0.25, -0.2) is 0 Å². The summed E-state index contributed by atoms with van der Waals surface area (Å²) in [5, 5.41) is 8.12. The molecule has 21 heavy (non-hydrogen) atoms. The Morgan fingerprint density at radius 1 is 1.33 bits per heavy atom. The SMILES string of the molecule is CCCNC(c1cnn(CCC)c1)c1cc(Br)ccc1I. The lowest BCUT2D eigenvalue weighted by Crippen LogP contribution is -2.23. The Bertz CT molecular complexity index is 583. The fourth-order valence-corrected chi connectivity index (χ4v) is 3.34. The lowest BCUT2D eigenvalue weighted by molar-refractivity contribution is 0.587. The number of rotatable bonds is 7. The lowest BCUT2D eigenvalue weighted by atomic mass is 10.0. The van der Waals surface area contributed by atoms with Crippen molar-refractivity contribution in [1.29, 1.82) is 0 Å². The number of aromatic nitrogens is 2. The molecule has 2 rings (SSSR count). The molecule has 0 saturated carbocycles. The van der Waals surface area contributed by atoms with Crippen molar-refractivity contribution in [2.45, 2.75) is 39.3 Å². The van der Waals surface area contributed by atoms with Crippen molar-refractivity contribution in [2.24, 2.45) is 0 Å². The summed E-state index contributed by atoms with van der Waals surface area (Å²) in [6.07, 6.45) is 6.36. The van der Waals surface area contributed by atoms with Gasteiger partial charge in [-0.15, -0.1) is 0 Å². The van der Waals surface area contributed by atoms with E-state index in [4.69, 9.17) is 0 Å². The molecule has 0 radical (unpaired) electrons. The second kappa shape index (κ2) is 8.29. The van der Waals surface area contributed by atoms with E-state index in [1.807, 2.05) is 10.9 Å². The van der Waals surface area contributed by atoms with Gasteiger partial charge >= 0.3 is 0 Å². The van der Waals surface area contributed by atoms with Crippen LogP contribution in [0, 0.1) is 3.57 Å². The van der Waals surface area contributed by atoms with E-state index in [1.54, 1.807) is 0 Å². The molecule has 0 fully saturated rings. The zero-order chi connectivity index (χ0) is 15.2. The maximum atomic E-state index is 4.48. The average molecular weight is 462 g/mol. The van der Waals surface area contributed by atoms with Crippen LogP contribution < -0.4 is 5.32 Å². The first-order valence-corrected chi connectivity index (χ1v) is 9.23. The van der Waals surface area contributed by atoms with Crippen molar-refractivity contribution in [3.8, 4) is 0 Å². The van der Waals surface area contributed by atoms with Gasteiger partial charge in [0.05, 0.1) is 12.2 Å². The van der Waals surface area contributed by atoms with Crippen molar-refractivity contribution in [3.63, 3.8) is 0 Å². The molecule has 1 unspecified atom stereocenters. The van der Waals surface area contributed by atoms with Crippen LogP contribution in [0.4, 0.5) is 0 Å². The van der Waals surface area contributed by atoms with Crippen molar-refractivity contribution in [1.82, 2.24) is 15.1 Å². The molecule has 0 aliphatic heterocycles. The van der Waals surface area contributed by atoms with Gasteiger partial charge in [-0.05, 0) is 65.7 Å². The van der Waals surface area contributed by atoms with Gasteiger partial charge in [-0.1, -0.05) is 29.8 Å². The Hall–Kier alpha value is -0.400. The summed E-state index contributed by atoms with van der Waals surface area (Å²) in [6.45, 7) is 6.32. The number of nitrogens with zero attached hydrogens (tertiary/aromatic N) is 2. The highest BCUT2D eigenvalue weighted by Crippen LogP contribution is 2.28. The summed E-state index contributed by atoms with van der Waals surface area (Å²) in [7, 11) is 0. The Morgan fingerprint density at radius 3 is 2.86 bits per heavy atom. The van der Waals surface area contributed by atoms with Gasteiger partial charge in [0.1, 0.15) is 0 Å². The second-order valence-electron chi connectivity index (χ2n) is 5.09. The number of halogens is 2. The van der Waals surface area contributed by atoms with E-state index in [-0.39, 0.29) is 6.04 Å². The highest BCUT2D eigenvalue weighted by atomic mass is 127. The van der Waals surface area contributed by atoms with E-state index in [2.05, 4.69) is 87.2 Å². The Morgan fingerprint density at radius 2 is 2.14 bits per heavy atom. The first-order valence-electron chi connectivity index (χ1n) is 7.36. The summed E-state index contributed by atoms with van der Waals surface area (Å²) in [4.78, 5) is 0. The van der Waals surface area contributed by atoms with Crippen molar-refractivity contribution < 1.29 is 0 Å². The molecule has 0 saturated heterocycles. The normalized spacial score (nSPS) is 12.6. The molecule has 1 aromatic heterocycles. The van der Waals surface area contributed by atoms with E-state index in [1.165, 1.54) is 14.7 Å². The Labute approximate surface area is 148 Å². The monoisotopic (exact) mass is 461 g/mol. The molecule has 1 N–H and O–H groups in total.